The highest BCUT2D eigenvalue weighted by molar-refractivity contribution is 5.63. The molecule has 3 rings (SSSR count). The highest BCUT2D eigenvalue weighted by atomic mass is 19.4. The molecule has 0 amide bonds. The maximum atomic E-state index is 13.1. The Balaban J connectivity index is 1.79. The number of benzene rings is 2. The van der Waals surface area contributed by atoms with Gasteiger partial charge in [0.15, 0.2) is 0 Å². The molecule has 4 nitrogen and oxygen atoms in total. The third-order valence-electron chi connectivity index (χ3n) is 3.83. The summed E-state index contributed by atoms with van der Waals surface area (Å²) in [4.78, 5) is 8.14. The molecule has 3 aromatic rings. The van der Waals surface area contributed by atoms with Gasteiger partial charge in [-0.3, -0.25) is 0 Å². The number of nitrogens with zero attached hydrogens (tertiary/aromatic N) is 2. The zero-order valence-electron chi connectivity index (χ0n) is 14.0. The van der Waals surface area contributed by atoms with Gasteiger partial charge in [-0.25, -0.2) is 9.97 Å². The minimum atomic E-state index is -4.44. The van der Waals surface area contributed by atoms with Crippen molar-refractivity contribution in [2.24, 2.45) is 0 Å². The van der Waals surface area contributed by atoms with Gasteiger partial charge in [-0.2, -0.15) is 13.2 Å². The van der Waals surface area contributed by atoms with Gasteiger partial charge < -0.3 is 10.6 Å². The van der Waals surface area contributed by atoms with E-state index in [0.29, 0.717) is 5.82 Å². The number of alkyl halides is 3. The van der Waals surface area contributed by atoms with Crippen molar-refractivity contribution in [2.45, 2.75) is 19.1 Å². The summed E-state index contributed by atoms with van der Waals surface area (Å²) in [6, 6.07) is 16.6. The molecular formula is C19H17F3N4. The standard InChI is InChI=1S/C19H17F3N4/c1-13(14-7-3-2-4-8-14)25-17-11-18(24-12-23-17)26-16-10-6-5-9-15(16)19(20,21)22/h2-13H,1H3,(H2,23,24,25,26). The first-order chi connectivity index (χ1) is 12.4. The molecule has 1 unspecified atom stereocenters. The van der Waals surface area contributed by atoms with Crippen LogP contribution < -0.4 is 10.6 Å². The largest absolute Gasteiger partial charge is 0.418 e. The number of aromatic nitrogens is 2. The molecule has 26 heavy (non-hydrogen) atoms. The van der Waals surface area contributed by atoms with Crippen LogP contribution in [0.1, 0.15) is 24.1 Å². The summed E-state index contributed by atoms with van der Waals surface area (Å²) >= 11 is 0. The van der Waals surface area contributed by atoms with Crippen LogP contribution in [-0.2, 0) is 6.18 Å². The molecular weight excluding hydrogens is 341 g/mol. The molecule has 1 aromatic heterocycles. The van der Waals surface area contributed by atoms with E-state index in [1.807, 2.05) is 37.3 Å². The molecule has 0 aliphatic heterocycles. The van der Waals surface area contributed by atoms with Crippen molar-refractivity contribution in [1.82, 2.24) is 9.97 Å². The fourth-order valence-corrected chi connectivity index (χ4v) is 2.53. The van der Waals surface area contributed by atoms with Crippen molar-refractivity contribution in [3.63, 3.8) is 0 Å². The highest BCUT2D eigenvalue weighted by Gasteiger charge is 2.33. The Bertz CT molecular complexity index is 866. The highest BCUT2D eigenvalue weighted by Crippen LogP contribution is 2.35. The van der Waals surface area contributed by atoms with Gasteiger partial charge in [0.25, 0.3) is 0 Å². The number of hydrogen-bond donors (Lipinski definition) is 2. The number of rotatable bonds is 5. The van der Waals surface area contributed by atoms with Crippen molar-refractivity contribution < 1.29 is 13.2 Å². The van der Waals surface area contributed by atoms with E-state index in [2.05, 4.69) is 20.6 Å². The van der Waals surface area contributed by atoms with Gasteiger partial charge in [-0.15, -0.1) is 0 Å². The smallest absolute Gasteiger partial charge is 0.363 e. The number of halogens is 3. The van der Waals surface area contributed by atoms with E-state index in [0.717, 1.165) is 11.6 Å². The summed E-state index contributed by atoms with van der Waals surface area (Å²) < 4.78 is 39.3. The van der Waals surface area contributed by atoms with Crippen LogP contribution in [0, 0.1) is 0 Å². The first-order valence-corrected chi connectivity index (χ1v) is 8.00. The molecule has 0 radical (unpaired) electrons. The maximum Gasteiger partial charge on any atom is 0.418 e. The molecule has 0 aliphatic rings. The summed E-state index contributed by atoms with van der Waals surface area (Å²) in [5, 5.41) is 5.94. The second kappa shape index (κ2) is 7.43. The number of para-hydroxylation sites is 1. The van der Waals surface area contributed by atoms with E-state index in [-0.39, 0.29) is 17.5 Å². The molecule has 0 saturated carbocycles. The fraction of sp³-hybridized carbons (Fsp3) is 0.158. The predicted molar refractivity (Wildman–Crippen MR) is 95.2 cm³/mol. The van der Waals surface area contributed by atoms with E-state index in [1.54, 1.807) is 6.07 Å². The van der Waals surface area contributed by atoms with Gasteiger partial charge in [0.2, 0.25) is 0 Å². The van der Waals surface area contributed by atoms with Crippen molar-refractivity contribution in [3.8, 4) is 0 Å². The lowest BCUT2D eigenvalue weighted by atomic mass is 10.1. The van der Waals surface area contributed by atoms with Crippen LogP contribution in [0.4, 0.5) is 30.5 Å². The summed E-state index contributed by atoms with van der Waals surface area (Å²) in [7, 11) is 0. The minimum absolute atomic E-state index is 0.0126. The third-order valence-corrected chi connectivity index (χ3v) is 3.83. The van der Waals surface area contributed by atoms with Crippen molar-refractivity contribution >= 4 is 17.3 Å². The molecule has 0 saturated heterocycles. The normalized spacial score (nSPS) is 12.5. The van der Waals surface area contributed by atoms with Gasteiger partial charge in [0.1, 0.15) is 18.0 Å². The van der Waals surface area contributed by atoms with Gasteiger partial charge in [-0.05, 0) is 24.6 Å². The minimum Gasteiger partial charge on any atom is -0.363 e. The summed E-state index contributed by atoms with van der Waals surface area (Å²) in [5.74, 6) is 0.794. The molecule has 7 heteroatoms. The summed E-state index contributed by atoms with van der Waals surface area (Å²) in [6.45, 7) is 1.98. The monoisotopic (exact) mass is 358 g/mol. The van der Waals surface area contributed by atoms with Crippen LogP contribution in [0.5, 0.6) is 0 Å². The van der Waals surface area contributed by atoms with Crippen LogP contribution in [-0.4, -0.2) is 9.97 Å². The molecule has 2 N–H and O–H groups in total. The van der Waals surface area contributed by atoms with Crippen LogP contribution in [0.2, 0.25) is 0 Å². The Kier molecular flexibility index (Phi) is 5.06. The van der Waals surface area contributed by atoms with Gasteiger partial charge in [0, 0.05) is 12.1 Å². The fourth-order valence-electron chi connectivity index (χ4n) is 2.53. The second-order valence-electron chi connectivity index (χ2n) is 5.73. The zero-order valence-corrected chi connectivity index (χ0v) is 14.0. The van der Waals surface area contributed by atoms with Gasteiger partial charge in [-0.1, -0.05) is 42.5 Å². The Morgan fingerprint density at radius 1 is 0.885 bits per heavy atom. The zero-order chi connectivity index (χ0) is 18.6. The average Bonchev–Trinajstić information content (AvgIpc) is 2.62. The van der Waals surface area contributed by atoms with Crippen molar-refractivity contribution in [1.29, 1.82) is 0 Å². The van der Waals surface area contributed by atoms with E-state index in [9.17, 15) is 13.2 Å². The van der Waals surface area contributed by atoms with Crippen LogP contribution in [0.15, 0.2) is 67.0 Å². The molecule has 0 fully saturated rings. The van der Waals surface area contributed by atoms with E-state index >= 15 is 0 Å². The lowest BCUT2D eigenvalue weighted by Gasteiger charge is -2.16. The number of nitrogens with one attached hydrogen (secondary N) is 2. The van der Waals surface area contributed by atoms with Crippen molar-refractivity contribution in [3.05, 3.63) is 78.1 Å². The lowest BCUT2D eigenvalue weighted by molar-refractivity contribution is -0.136. The molecule has 1 heterocycles. The number of hydrogen-bond acceptors (Lipinski definition) is 4. The summed E-state index contributed by atoms with van der Waals surface area (Å²) in [5.41, 5.74) is 0.273. The quantitative estimate of drug-likeness (QED) is 0.640. The van der Waals surface area contributed by atoms with E-state index < -0.39 is 11.7 Å². The van der Waals surface area contributed by atoms with Crippen molar-refractivity contribution in [2.75, 3.05) is 10.6 Å². The third kappa shape index (κ3) is 4.30. The van der Waals surface area contributed by atoms with Crippen LogP contribution in [0.25, 0.3) is 0 Å². The molecule has 1 atom stereocenters. The SMILES string of the molecule is CC(Nc1cc(Nc2ccccc2C(F)(F)F)ncn1)c1ccccc1. The van der Waals surface area contributed by atoms with Gasteiger partial charge >= 0.3 is 6.18 Å². The van der Waals surface area contributed by atoms with Gasteiger partial charge in [0.05, 0.1) is 11.3 Å². The average molecular weight is 358 g/mol. The molecule has 0 bridgehead atoms. The second-order valence-corrected chi connectivity index (χ2v) is 5.73. The first kappa shape index (κ1) is 17.7. The molecule has 2 aromatic carbocycles. The van der Waals surface area contributed by atoms with E-state index in [4.69, 9.17) is 0 Å². The Labute approximate surface area is 149 Å². The van der Waals surface area contributed by atoms with E-state index in [1.165, 1.54) is 24.5 Å². The summed E-state index contributed by atoms with van der Waals surface area (Å²) in [6.07, 6.45) is -3.14. The molecule has 0 aliphatic carbocycles. The predicted octanol–water partition coefficient (Wildman–Crippen LogP) is 5.41. The topological polar surface area (TPSA) is 49.8 Å². The lowest BCUT2D eigenvalue weighted by Crippen LogP contribution is -2.10. The van der Waals surface area contributed by atoms with Crippen LogP contribution >= 0.6 is 0 Å². The Morgan fingerprint density at radius 3 is 2.27 bits per heavy atom. The first-order valence-electron chi connectivity index (χ1n) is 8.00. The number of anilines is 3. The van der Waals surface area contributed by atoms with Crippen LogP contribution in [0.3, 0.4) is 0 Å². The maximum absolute atomic E-state index is 13.1. The Hall–Kier alpha value is -3.09. The molecule has 0 spiro atoms. The Morgan fingerprint density at radius 2 is 1.54 bits per heavy atom. The molecule has 134 valence electrons.